The molecule has 0 unspecified atom stereocenters. The third kappa shape index (κ3) is 2.89. The molecule has 0 saturated carbocycles. The van der Waals surface area contributed by atoms with Gasteiger partial charge in [0.25, 0.3) is 0 Å². The lowest BCUT2D eigenvalue weighted by Crippen LogP contribution is -2.41. The SMILES string of the molecule is CC(C)Oc1ccc(C2(C(=O)O)CCOCC2)cc1. The molecule has 0 amide bonds. The van der Waals surface area contributed by atoms with E-state index in [0.717, 1.165) is 11.3 Å². The minimum absolute atomic E-state index is 0.113. The van der Waals surface area contributed by atoms with Crippen molar-refractivity contribution in [3.8, 4) is 5.75 Å². The van der Waals surface area contributed by atoms with Crippen molar-refractivity contribution in [2.45, 2.75) is 38.2 Å². The summed E-state index contributed by atoms with van der Waals surface area (Å²) in [6, 6.07) is 7.40. The predicted molar refractivity (Wildman–Crippen MR) is 71.6 cm³/mol. The summed E-state index contributed by atoms with van der Waals surface area (Å²) in [5, 5.41) is 9.57. The lowest BCUT2D eigenvalue weighted by Gasteiger charge is -2.33. The fourth-order valence-corrected chi connectivity index (χ4v) is 2.47. The normalized spacial score (nSPS) is 18.3. The Morgan fingerprint density at radius 1 is 1.26 bits per heavy atom. The Kier molecular flexibility index (Phi) is 4.10. The van der Waals surface area contributed by atoms with Crippen molar-refractivity contribution in [3.05, 3.63) is 29.8 Å². The molecule has 1 aliphatic rings. The van der Waals surface area contributed by atoms with Crippen LogP contribution in [0.4, 0.5) is 0 Å². The Morgan fingerprint density at radius 2 is 1.84 bits per heavy atom. The number of aliphatic carboxylic acids is 1. The van der Waals surface area contributed by atoms with Crippen LogP contribution in [0.3, 0.4) is 0 Å². The van der Waals surface area contributed by atoms with E-state index in [9.17, 15) is 9.90 Å². The van der Waals surface area contributed by atoms with Crippen LogP contribution in [0, 0.1) is 0 Å². The van der Waals surface area contributed by atoms with E-state index < -0.39 is 11.4 Å². The second-order valence-electron chi connectivity index (χ2n) is 5.19. The lowest BCUT2D eigenvalue weighted by molar-refractivity contribution is -0.147. The third-order valence-electron chi connectivity index (χ3n) is 3.53. The summed E-state index contributed by atoms with van der Waals surface area (Å²) in [6.45, 7) is 4.92. The van der Waals surface area contributed by atoms with Gasteiger partial charge in [0.05, 0.1) is 11.5 Å². The van der Waals surface area contributed by atoms with Crippen LogP contribution in [0.5, 0.6) is 5.75 Å². The molecule has 0 bridgehead atoms. The molecule has 1 saturated heterocycles. The molecule has 1 aliphatic heterocycles. The van der Waals surface area contributed by atoms with Gasteiger partial charge in [0.15, 0.2) is 0 Å². The molecule has 104 valence electrons. The van der Waals surface area contributed by atoms with E-state index in [1.165, 1.54) is 0 Å². The summed E-state index contributed by atoms with van der Waals surface area (Å²) in [4.78, 5) is 11.7. The number of hydrogen-bond donors (Lipinski definition) is 1. The molecular formula is C15H20O4. The Morgan fingerprint density at radius 3 is 2.32 bits per heavy atom. The molecule has 1 aromatic rings. The number of benzene rings is 1. The summed E-state index contributed by atoms with van der Waals surface area (Å²) in [6.07, 6.45) is 1.15. The molecule has 2 rings (SSSR count). The molecule has 1 N–H and O–H groups in total. The van der Waals surface area contributed by atoms with Gasteiger partial charge in [-0.15, -0.1) is 0 Å². The molecule has 0 spiro atoms. The second kappa shape index (κ2) is 5.61. The average Bonchev–Trinajstić information content (AvgIpc) is 2.39. The smallest absolute Gasteiger partial charge is 0.314 e. The fourth-order valence-electron chi connectivity index (χ4n) is 2.47. The summed E-state index contributed by atoms with van der Waals surface area (Å²) in [5.41, 5.74) is 0.0219. The molecule has 0 atom stereocenters. The van der Waals surface area contributed by atoms with Crippen LogP contribution in [0.25, 0.3) is 0 Å². The van der Waals surface area contributed by atoms with Crippen molar-refractivity contribution < 1.29 is 19.4 Å². The molecule has 0 radical (unpaired) electrons. The van der Waals surface area contributed by atoms with Crippen LogP contribution in [0.1, 0.15) is 32.3 Å². The van der Waals surface area contributed by atoms with Crippen molar-refractivity contribution >= 4 is 5.97 Å². The molecule has 4 nitrogen and oxygen atoms in total. The molecule has 4 heteroatoms. The van der Waals surface area contributed by atoms with E-state index in [0.29, 0.717) is 26.1 Å². The second-order valence-corrected chi connectivity index (χ2v) is 5.19. The maximum Gasteiger partial charge on any atom is 0.314 e. The fraction of sp³-hybridized carbons (Fsp3) is 0.533. The first-order valence-corrected chi connectivity index (χ1v) is 6.63. The van der Waals surface area contributed by atoms with E-state index in [-0.39, 0.29) is 6.10 Å². The van der Waals surface area contributed by atoms with Gasteiger partial charge in [-0.3, -0.25) is 4.79 Å². The first-order valence-electron chi connectivity index (χ1n) is 6.63. The highest BCUT2D eigenvalue weighted by Gasteiger charge is 2.41. The Labute approximate surface area is 113 Å². The highest BCUT2D eigenvalue weighted by atomic mass is 16.5. The number of carbonyl (C=O) groups is 1. The third-order valence-corrected chi connectivity index (χ3v) is 3.53. The van der Waals surface area contributed by atoms with Crippen LogP contribution >= 0.6 is 0 Å². The largest absolute Gasteiger partial charge is 0.491 e. The first kappa shape index (κ1) is 13.9. The van der Waals surface area contributed by atoms with E-state index >= 15 is 0 Å². The van der Waals surface area contributed by atoms with E-state index in [2.05, 4.69) is 0 Å². The van der Waals surface area contributed by atoms with Gasteiger partial charge in [0.1, 0.15) is 5.75 Å². The number of carboxylic acid groups (broad SMARTS) is 1. The summed E-state index contributed by atoms with van der Waals surface area (Å²) < 4.78 is 10.9. The minimum Gasteiger partial charge on any atom is -0.491 e. The summed E-state index contributed by atoms with van der Waals surface area (Å²) in [7, 11) is 0. The van der Waals surface area contributed by atoms with Gasteiger partial charge in [0, 0.05) is 13.2 Å². The van der Waals surface area contributed by atoms with E-state index in [4.69, 9.17) is 9.47 Å². The van der Waals surface area contributed by atoms with Crippen LogP contribution in [-0.2, 0) is 14.9 Å². The van der Waals surface area contributed by atoms with Crippen LogP contribution < -0.4 is 4.74 Å². The standard InChI is InChI=1S/C15H20O4/c1-11(2)19-13-5-3-12(4-6-13)15(14(16)17)7-9-18-10-8-15/h3-6,11H,7-10H2,1-2H3,(H,16,17). The Balaban J connectivity index is 2.25. The molecule has 0 aromatic heterocycles. The van der Waals surface area contributed by atoms with Gasteiger partial charge >= 0.3 is 5.97 Å². The first-order chi connectivity index (χ1) is 9.04. The lowest BCUT2D eigenvalue weighted by atomic mass is 9.74. The minimum atomic E-state index is -0.811. The van der Waals surface area contributed by atoms with Gasteiger partial charge in [-0.05, 0) is 44.4 Å². The molecule has 1 fully saturated rings. The maximum atomic E-state index is 11.7. The topological polar surface area (TPSA) is 55.8 Å². The quantitative estimate of drug-likeness (QED) is 0.908. The Hall–Kier alpha value is -1.55. The van der Waals surface area contributed by atoms with Crippen molar-refractivity contribution in [2.75, 3.05) is 13.2 Å². The van der Waals surface area contributed by atoms with Gasteiger partial charge < -0.3 is 14.6 Å². The van der Waals surface area contributed by atoms with Crippen molar-refractivity contribution in [1.29, 1.82) is 0 Å². The van der Waals surface area contributed by atoms with Gasteiger partial charge in [-0.25, -0.2) is 0 Å². The monoisotopic (exact) mass is 264 g/mol. The zero-order valence-corrected chi connectivity index (χ0v) is 11.4. The zero-order chi connectivity index (χ0) is 13.9. The number of hydrogen-bond acceptors (Lipinski definition) is 3. The highest BCUT2D eigenvalue weighted by Crippen LogP contribution is 2.36. The highest BCUT2D eigenvalue weighted by molar-refractivity contribution is 5.81. The van der Waals surface area contributed by atoms with Crippen molar-refractivity contribution in [2.24, 2.45) is 0 Å². The van der Waals surface area contributed by atoms with Crippen molar-refractivity contribution in [3.63, 3.8) is 0 Å². The molecular weight excluding hydrogens is 244 g/mol. The van der Waals surface area contributed by atoms with Gasteiger partial charge in [-0.1, -0.05) is 12.1 Å². The predicted octanol–water partition coefficient (Wildman–Crippen LogP) is 2.61. The van der Waals surface area contributed by atoms with Crippen LogP contribution in [0.15, 0.2) is 24.3 Å². The van der Waals surface area contributed by atoms with Crippen LogP contribution in [0.2, 0.25) is 0 Å². The van der Waals surface area contributed by atoms with Crippen LogP contribution in [-0.4, -0.2) is 30.4 Å². The number of ether oxygens (including phenoxy) is 2. The zero-order valence-electron chi connectivity index (χ0n) is 11.4. The molecule has 0 aliphatic carbocycles. The van der Waals surface area contributed by atoms with Gasteiger partial charge in [-0.2, -0.15) is 0 Å². The maximum absolute atomic E-state index is 11.7. The summed E-state index contributed by atoms with van der Waals surface area (Å²) >= 11 is 0. The van der Waals surface area contributed by atoms with E-state index in [1.54, 1.807) is 0 Å². The molecule has 19 heavy (non-hydrogen) atoms. The van der Waals surface area contributed by atoms with Gasteiger partial charge in [0.2, 0.25) is 0 Å². The average molecular weight is 264 g/mol. The molecule has 1 aromatic carbocycles. The molecule has 1 heterocycles. The van der Waals surface area contributed by atoms with Crippen molar-refractivity contribution in [1.82, 2.24) is 0 Å². The number of carboxylic acids is 1. The van der Waals surface area contributed by atoms with E-state index in [1.807, 2.05) is 38.1 Å². The Bertz CT molecular complexity index is 430. The summed E-state index contributed by atoms with van der Waals surface area (Å²) in [5.74, 6) is -0.000300. The number of rotatable bonds is 4.